The van der Waals surface area contributed by atoms with E-state index in [1.165, 1.54) is 4.90 Å². The second kappa shape index (κ2) is 6.32. The van der Waals surface area contributed by atoms with Gasteiger partial charge in [0.15, 0.2) is 5.69 Å². The van der Waals surface area contributed by atoms with Crippen molar-refractivity contribution in [3.05, 3.63) is 47.2 Å². The number of nitrogens with two attached hydrogens (primary N) is 1. The molecule has 2 rings (SSSR count). The Bertz CT molecular complexity index is 639. The highest BCUT2D eigenvalue weighted by atomic mass is 16.5. The van der Waals surface area contributed by atoms with Gasteiger partial charge in [-0.15, -0.1) is 10.2 Å². The topological polar surface area (TPSA) is 81.3 Å². The Labute approximate surface area is 123 Å². The Morgan fingerprint density at radius 2 is 2.00 bits per heavy atom. The highest BCUT2D eigenvalue weighted by Gasteiger charge is 2.11. The summed E-state index contributed by atoms with van der Waals surface area (Å²) in [6, 6.07) is 8.97. The molecule has 0 atom stereocenters. The first-order valence-corrected chi connectivity index (χ1v) is 6.54. The minimum Gasteiger partial charge on any atom is -0.437 e. The summed E-state index contributed by atoms with van der Waals surface area (Å²) in [7, 11) is 3.33. The second-order valence-corrected chi connectivity index (χ2v) is 4.86. The summed E-state index contributed by atoms with van der Waals surface area (Å²) in [5.41, 5.74) is 7.85. The average molecular weight is 286 g/mol. The van der Waals surface area contributed by atoms with Crippen LogP contribution < -0.4 is 10.5 Å². The molecule has 0 unspecified atom stereocenters. The van der Waals surface area contributed by atoms with E-state index in [4.69, 9.17) is 10.5 Å². The van der Waals surface area contributed by atoms with Crippen molar-refractivity contribution in [1.29, 1.82) is 0 Å². The Morgan fingerprint density at radius 3 is 2.57 bits per heavy atom. The molecule has 2 aromatic rings. The third-order valence-corrected chi connectivity index (χ3v) is 2.97. The van der Waals surface area contributed by atoms with Gasteiger partial charge in [-0.1, -0.05) is 12.1 Å². The third-order valence-electron chi connectivity index (χ3n) is 2.97. The number of nitrogens with zero attached hydrogens (tertiary/aromatic N) is 3. The third kappa shape index (κ3) is 3.55. The number of aryl methyl sites for hydroxylation is 1. The average Bonchev–Trinajstić information content (AvgIpc) is 2.49. The number of aromatic nitrogens is 2. The van der Waals surface area contributed by atoms with Crippen molar-refractivity contribution in [2.45, 2.75) is 13.5 Å². The molecule has 6 nitrogen and oxygen atoms in total. The highest BCUT2D eigenvalue weighted by molar-refractivity contribution is 5.91. The first kappa shape index (κ1) is 14.9. The number of amides is 1. The molecular weight excluding hydrogens is 268 g/mol. The lowest BCUT2D eigenvalue weighted by Crippen LogP contribution is -2.23. The normalized spacial score (nSPS) is 10.3. The summed E-state index contributed by atoms with van der Waals surface area (Å²) in [6.07, 6.45) is 0. The van der Waals surface area contributed by atoms with E-state index in [9.17, 15) is 4.79 Å². The van der Waals surface area contributed by atoms with Crippen molar-refractivity contribution in [2.75, 3.05) is 14.1 Å². The predicted molar refractivity (Wildman–Crippen MR) is 79.2 cm³/mol. The van der Waals surface area contributed by atoms with E-state index < -0.39 is 0 Å². The largest absolute Gasteiger partial charge is 0.437 e. The van der Waals surface area contributed by atoms with Crippen molar-refractivity contribution in [1.82, 2.24) is 15.1 Å². The summed E-state index contributed by atoms with van der Waals surface area (Å²) < 4.78 is 5.69. The molecule has 0 saturated heterocycles. The zero-order valence-electron chi connectivity index (χ0n) is 12.3. The van der Waals surface area contributed by atoms with Crippen LogP contribution in [0.4, 0.5) is 0 Å². The van der Waals surface area contributed by atoms with Gasteiger partial charge in [0.25, 0.3) is 5.91 Å². The number of ether oxygens (including phenoxy) is 1. The number of benzene rings is 1. The molecule has 21 heavy (non-hydrogen) atoms. The smallest absolute Gasteiger partial charge is 0.273 e. The maximum absolute atomic E-state index is 11.7. The van der Waals surface area contributed by atoms with Crippen LogP contribution in [0.3, 0.4) is 0 Å². The summed E-state index contributed by atoms with van der Waals surface area (Å²) >= 11 is 0. The predicted octanol–water partition coefficient (Wildman–Crippen LogP) is 1.74. The molecule has 1 aromatic heterocycles. The van der Waals surface area contributed by atoms with E-state index in [1.807, 2.05) is 25.1 Å². The fourth-order valence-corrected chi connectivity index (χ4v) is 1.71. The molecule has 0 bridgehead atoms. The minimum atomic E-state index is -0.199. The molecule has 110 valence electrons. The zero-order chi connectivity index (χ0) is 15.4. The van der Waals surface area contributed by atoms with Gasteiger partial charge in [-0.3, -0.25) is 4.79 Å². The van der Waals surface area contributed by atoms with Gasteiger partial charge in [-0.05, 0) is 30.2 Å². The minimum absolute atomic E-state index is 0.199. The van der Waals surface area contributed by atoms with Crippen LogP contribution in [0.1, 0.15) is 21.6 Å². The van der Waals surface area contributed by atoms with Crippen LogP contribution in [-0.2, 0) is 6.54 Å². The van der Waals surface area contributed by atoms with E-state index >= 15 is 0 Å². The van der Waals surface area contributed by atoms with Crippen molar-refractivity contribution in [3.63, 3.8) is 0 Å². The molecule has 0 aliphatic heterocycles. The standard InChI is InChI=1S/C15H18N4O2/c1-10-4-5-11(9-16)8-13(10)21-14-7-6-12(17-18-14)15(20)19(2)3/h4-8H,9,16H2,1-3H3. The zero-order valence-corrected chi connectivity index (χ0v) is 12.3. The number of carbonyl (C=O) groups excluding carboxylic acids is 1. The first-order valence-electron chi connectivity index (χ1n) is 6.54. The highest BCUT2D eigenvalue weighted by Crippen LogP contribution is 2.24. The molecule has 1 aromatic carbocycles. The number of rotatable bonds is 4. The van der Waals surface area contributed by atoms with Gasteiger partial charge in [-0.2, -0.15) is 0 Å². The molecule has 0 fully saturated rings. The lowest BCUT2D eigenvalue weighted by atomic mass is 10.1. The van der Waals surface area contributed by atoms with Crippen LogP contribution in [-0.4, -0.2) is 35.1 Å². The van der Waals surface area contributed by atoms with Gasteiger partial charge in [0.1, 0.15) is 5.75 Å². The Balaban J connectivity index is 2.19. The molecular formula is C15H18N4O2. The molecule has 0 radical (unpaired) electrons. The number of hydrogen-bond acceptors (Lipinski definition) is 5. The van der Waals surface area contributed by atoms with Crippen LogP contribution in [0.15, 0.2) is 30.3 Å². The van der Waals surface area contributed by atoms with E-state index in [0.29, 0.717) is 18.2 Å². The lowest BCUT2D eigenvalue weighted by molar-refractivity contribution is 0.0820. The molecule has 6 heteroatoms. The summed E-state index contributed by atoms with van der Waals surface area (Å²) in [5, 5.41) is 7.80. The Kier molecular flexibility index (Phi) is 4.49. The molecule has 0 aliphatic rings. The van der Waals surface area contributed by atoms with Crippen LogP contribution in [0, 0.1) is 6.92 Å². The summed E-state index contributed by atoms with van der Waals surface area (Å²) in [5.74, 6) is 0.817. The maximum Gasteiger partial charge on any atom is 0.273 e. The van der Waals surface area contributed by atoms with E-state index in [2.05, 4.69) is 10.2 Å². The molecule has 1 heterocycles. The fraction of sp³-hybridized carbons (Fsp3) is 0.267. The van der Waals surface area contributed by atoms with Crippen LogP contribution in [0.5, 0.6) is 11.6 Å². The van der Waals surface area contributed by atoms with Gasteiger partial charge in [0.05, 0.1) is 0 Å². The quantitative estimate of drug-likeness (QED) is 0.925. The van der Waals surface area contributed by atoms with Gasteiger partial charge < -0.3 is 15.4 Å². The van der Waals surface area contributed by atoms with Crippen LogP contribution in [0.25, 0.3) is 0 Å². The van der Waals surface area contributed by atoms with Gasteiger partial charge in [-0.25, -0.2) is 0 Å². The van der Waals surface area contributed by atoms with Gasteiger partial charge in [0, 0.05) is 26.7 Å². The Hall–Kier alpha value is -2.47. The van der Waals surface area contributed by atoms with Gasteiger partial charge >= 0.3 is 0 Å². The maximum atomic E-state index is 11.7. The number of carbonyl (C=O) groups is 1. The molecule has 1 amide bonds. The molecule has 2 N–H and O–H groups in total. The van der Waals surface area contributed by atoms with E-state index in [1.54, 1.807) is 26.2 Å². The monoisotopic (exact) mass is 286 g/mol. The summed E-state index contributed by atoms with van der Waals surface area (Å²) in [6.45, 7) is 2.38. The lowest BCUT2D eigenvalue weighted by Gasteiger charge is -2.10. The van der Waals surface area contributed by atoms with Crippen molar-refractivity contribution in [2.24, 2.45) is 5.73 Å². The van der Waals surface area contributed by atoms with E-state index in [-0.39, 0.29) is 11.6 Å². The Morgan fingerprint density at radius 1 is 1.24 bits per heavy atom. The van der Waals surface area contributed by atoms with Crippen LogP contribution in [0.2, 0.25) is 0 Å². The SMILES string of the molecule is Cc1ccc(CN)cc1Oc1ccc(C(=O)N(C)C)nn1. The van der Waals surface area contributed by atoms with E-state index in [0.717, 1.165) is 11.1 Å². The second-order valence-electron chi connectivity index (χ2n) is 4.86. The summed E-state index contributed by atoms with van der Waals surface area (Å²) in [4.78, 5) is 13.2. The molecule has 0 saturated carbocycles. The van der Waals surface area contributed by atoms with Crippen molar-refractivity contribution in [3.8, 4) is 11.6 Å². The van der Waals surface area contributed by atoms with Crippen molar-refractivity contribution < 1.29 is 9.53 Å². The first-order chi connectivity index (χ1) is 10.0. The molecule has 0 spiro atoms. The van der Waals surface area contributed by atoms with Crippen LogP contribution >= 0.6 is 0 Å². The van der Waals surface area contributed by atoms with Crippen molar-refractivity contribution >= 4 is 5.91 Å². The number of hydrogen-bond donors (Lipinski definition) is 1. The fourth-order valence-electron chi connectivity index (χ4n) is 1.71. The molecule has 0 aliphatic carbocycles. The van der Waals surface area contributed by atoms with Gasteiger partial charge in [0.2, 0.25) is 5.88 Å².